The van der Waals surface area contributed by atoms with Crippen molar-refractivity contribution >= 4 is 17.8 Å². The van der Waals surface area contributed by atoms with Gasteiger partial charge in [-0.2, -0.15) is 0 Å². The molecule has 0 saturated carbocycles. The van der Waals surface area contributed by atoms with Crippen LogP contribution < -0.4 is 4.74 Å². The lowest BCUT2D eigenvalue weighted by Crippen LogP contribution is -2.45. The van der Waals surface area contributed by atoms with Gasteiger partial charge in [-0.25, -0.2) is 4.79 Å². The number of benzene rings is 1. The highest BCUT2D eigenvalue weighted by Gasteiger charge is 2.30. The first-order valence-electron chi connectivity index (χ1n) is 9.89. The van der Waals surface area contributed by atoms with E-state index in [4.69, 9.17) is 9.47 Å². The van der Waals surface area contributed by atoms with Crippen molar-refractivity contribution in [1.82, 2.24) is 9.80 Å². The molecule has 3 rings (SSSR count). The molecule has 1 aromatic carbocycles. The fourth-order valence-corrected chi connectivity index (χ4v) is 4.06. The molecule has 0 aliphatic carbocycles. The fraction of sp³-hybridized carbons (Fsp3) is 0.571. The third kappa shape index (κ3) is 4.46. The number of carbonyl (C=O) groups excluding carboxylic acids is 3. The molecule has 2 amide bonds. The standard InChI is InChI=1S/C21H28N2O5/c1-27-18-13-15(12-16(14-18)21(26)28-2)20(25)23-10-4-3-6-17(23)8-11-22-9-5-7-19(22)24/h12-14,17H,3-11H2,1-2H3/t17-/m1/s1. The van der Waals surface area contributed by atoms with E-state index in [2.05, 4.69) is 0 Å². The van der Waals surface area contributed by atoms with Crippen LogP contribution in [0.2, 0.25) is 0 Å². The van der Waals surface area contributed by atoms with Gasteiger partial charge in [-0.15, -0.1) is 0 Å². The predicted molar refractivity (Wildman–Crippen MR) is 103 cm³/mol. The lowest BCUT2D eigenvalue weighted by Gasteiger charge is -2.37. The summed E-state index contributed by atoms with van der Waals surface area (Å²) in [5, 5.41) is 0. The van der Waals surface area contributed by atoms with E-state index in [1.165, 1.54) is 14.2 Å². The summed E-state index contributed by atoms with van der Waals surface area (Å²) in [5.74, 6) is 0.0452. The molecular formula is C21H28N2O5. The van der Waals surface area contributed by atoms with Gasteiger partial charge in [0, 0.05) is 37.7 Å². The van der Waals surface area contributed by atoms with E-state index in [1.807, 2.05) is 9.80 Å². The minimum Gasteiger partial charge on any atom is -0.497 e. The lowest BCUT2D eigenvalue weighted by molar-refractivity contribution is -0.127. The second kappa shape index (κ2) is 9.08. The van der Waals surface area contributed by atoms with E-state index in [0.29, 0.717) is 36.4 Å². The molecule has 0 spiro atoms. The highest BCUT2D eigenvalue weighted by atomic mass is 16.5. The van der Waals surface area contributed by atoms with Crippen molar-refractivity contribution in [3.05, 3.63) is 29.3 Å². The molecule has 28 heavy (non-hydrogen) atoms. The molecular weight excluding hydrogens is 360 g/mol. The Balaban J connectivity index is 1.76. The molecule has 7 heteroatoms. The minimum absolute atomic E-state index is 0.0995. The smallest absolute Gasteiger partial charge is 0.338 e. The topological polar surface area (TPSA) is 76.2 Å². The zero-order chi connectivity index (χ0) is 20.1. The predicted octanol–water partition coefficient (Wildman–Crippen LogP) is 2.49. The van der Waals surface area contributed by atoms with Gasteiger partial charge in [0.2, 0.25) is 5.91 Å². The number of carbonyl (C=O) groups is 3. The maximum atomic E-state index is 13.2. The van der Waals surface area contributed by atoms with Gasteiger partial charge >= 0.3 is 5.97 Å². The molecule has 0 aromatic heterocycles. The largest absolute Gasteiger partial charge is 0.497 e. The molecule has 2 saturated heterocycles. The van der Waals surface area contributed by atoms with Gasteiger partial charge in [-0.05, 0) is 50.3 Å². The number of nitrogens with zero attached hydrogens (tertiary/aromatic N) is 2. The molecule has 7 nitrogen and oxygen atoms in total. The molecule has 1 aromatic rings. The summed E-state index contributed by atoms with van der Waals surface area (Å²) in [5.41, 5.74) is 0.713. The Hall–Kier alpha value is -2.57. The zero-order valence-corrected chi connectivity index (χ0v) is 16.6. The quantitative estimate of drug-likeness (QED) is 0.700. The van der Waals surface area contributed by atoms with Gasteiger partial charge in [0.15, 0.2) is 0 Å². The third-order valence-corrected chi connectivity index (χ3v) is 5.60. The summed E-state index contributed by atoms with van der Waals surface area (Å²) in [4.78, 5) is 40.8. The van der Waals surface area contributed by atoms with Crippen LogP contribution in [0.25, 0.3) is 0 Å². The Labute approximate surface area is 165 Å². The average molecular weight is 388 g/mol. The number of amides is 2. The van der Waals surface area contributed by atoms with Gasteiger partial charge in [0.05, 0.1) is 19.8 Å². The molecule has 0 unspecified atom stereocenters. The van der Waals surface area contributed by atoms with E-state index in [-0.39, 0.29) is 17.9 Å². The van der Waals surface area contributed by atoms with Gasteiger partial charge in [-0.1, -0.05) is 0 Å². The Morgan fingerprint density at radius 1 is 1.07 bits per heavy atom. The second-order valence-corrected chi connectivity index (χ2v) is 7.36. The minimum atomic E-state index is -0.504. The highest BCUT2D eigenvalue weighted by Crippen LogP contribution is 2.25. The van der Waals surface area contributed by atoms with Crippen LogP contribution in [0.1, 0.15) is 59.2 Å². The van der Waals surface area contributed by atoms with E-state index in [0.717, 1.165) is 38.6 Å². The zero-order valence-electron chi connectivity index (χ0n) is 16.6. The van der Waals surface area contributed by atoms with E-state index in [9.17, 15) is 14.4 Å². The summed E-state index contributed by atoms with van der Waals surface area (Å²) >= 11 is 0. The van der Waals surface area contributed by atoms with E-state index < -0.39 is 5.97 Å². The maximum Gasteiger partial charge on any atom is 0.338 e. The van der Waals surface area contributed by atoms with E-state index >= 15 is 0 Å². The van der Waals surface area contributed by atoms with Crippen LogP contribution in [0.4, 0.5) is 0 Å². The van der Waals surface area contributed by atoms with Crippen molar-refractivity contribution in [2.24, 2.45) is 0 Å². The van der Waals surface area contributed by atoms with Gasteiger partial charge < -0.3 is 19.3 Å². The Morgan fingerprint density at radius 3 is 2.54 bits per heavy atom. The van der Waals surface area contributed by atoms with Crippen LogP contribution in [-0.2, 0) is 9.53 Å². The molecule has 0 N–H and O–H groups in total. The van der Waals surface area contributed by atoms with Gasteiger partial charge in [0.25, 0.3) is 5.91 Å². The number of hydrogen-bond acceptors (Lipinski definition) is 5. The molecule has 152 valence electrons. The summed E-state index contributed by atoms with van der Waals surface area (Å²) in [6, 6.07) is 4.88. The van der Waals surface area contributed by atoms with Crippen molar-refractivity contribution in [2.45, 2.75) is 44.6 Å². The first kappa shape index (κ1) is 20.2. The van der Waals surface area contributed by atoms with Crippen molar-refractivity contribution in [1.29, 1.82) is 0 Å². The average Bonchev–Trinajstić information content (AvgIpc) is 3.15. The van der Waals surface area contributed by atoms with Crippen LogP contribution >= 0.6 is 0 Å². The highest BCUT2D eigenvalue weighted by molar-refractivity contribution is 5.98. The summed E-state index contributed by atoms with van der Waals surface area (Å²) < 4.78 is 10.0. The van der Waals surface area contributed by atoms with Crippen LogP contribution in [-0.4, -0.2) is 67.5 Å². The molecule has 2 aliphatic heterocycles. The van der Waals surface area contributed by atoms with Gasteiger partial charge in [-0.3, -0.25) is 9.59 Å². The fourth-order valence-electron chi connectivity index (χ4n) is 4.06. The van der Waals surface area contributed by atoms with E-state index in [1.54, 1.807) is 18.2 Å². The SMILES string of the molecule is COC(=O)c1cc(OC)cc(C(=O)N2CCCC[C@@H]2CCN2CCCC2=O)c1. The van der Waals surface area contributed by atoms with Crippen LogP contribution in [0.3, 0.4) is 0 Å². The summed E-state index contributed by atoms with van der Waals surface area (Å²) in [6.45, 7) is 2.19. The number of likely N-dealkylation sites (tertiary alicyclic amines) is 2. The molecule has 0 bridgehead atoms. The van der Waals surface area contributed by atoms with Crippen molar-refractivity contribution in [3.63, 3.8) is 0 Å². The second-order valence-electron chi connectivity index (χ2n) is 7.36. The number of piperidine rings is 1. The van der Waals surface area contributed by atoms with Crippen LogP contribution in [0.5, 0.6) is 5.75 Å². The van der Waals surface area contributed by atoms with Crippen LogP contribution in [0.15, 0.2) is 18.2 Å². The van der Waals surface area contributed by atoms with Crippen molar-refractivity contribution in [3.8, 4) is 5.75 Å². The molecule has 0 radical (unpaired) electrons. The molecule has 2 fully saturated rings. The number of ether oxygens (including phenoxy) is 2. The molecule has 1 atom stereocenters. The summed E-state index contributed by atoms with van der Waals surface area (Å²) in [7, 11) is 2.81. The monoisotopic (exact) mass is 388 g/mol. The summed E-state index contributed by atoms with van der Waals surface area (Å²) in [6.07, 6.45) is 5.30. The molecule has 2 aliphatic rings. The Morgan fingerprint density at radius 2 is 1.86 bits per heavy atom. The van der Waals surface area contributed by atoms with Gasteiger partial charge in [0.1, 0.15) is 5.75 Å². The first-order chi connectivity index (χ1) is 13.5. The molecule has 2 heterocycles. The lowest BCUT2D eigenvalue weighted by atomic mass is 9.97. The Kier molecular flexibility index (Phi) is 6.54. The van der Waals surface area contributed by atoms with Crippen molar-refractivity contribution in [2.75, 3.05) is 33.9 Å². The number of esters is 1. The first-order valence-corrected chi connectivity index (χ1v) is 9.89. The third-order valence-electron chi connectivity index (χ3n) is 5.60. The number of rotatable bonds is 6. The normalized spacial score (nSPS) is 19.6. The van der Waals surface area contributed by atoms with Crippen molar-refractivity contribution < 1.29 is 23.9 Å². The number of methoxy groups -OCH3 is 2. The maximum absolute atomic E-state index is 13.2. The number of hydrogen-bond donors (Lipinski definition) is 0. The van der Waals surface area contributed by atoms with Crippen LogP contribution in [0, 0.1) is 0 Å². The Bertz CT molecular complexity index is 748.